The van der Waals surface area contributed by atoms with Crippen LogP contribution >= 0.6 is 0 Å². The number of rotatable bonds is 4. The number of methoxy groups -OCH3 is 1. The summed E-state index contributed by atoms with van der Waals surface area (Å²) in [5.41, 5.74) is 1.61. The van der Waals surface area contributed by atoms with Crippen LogP contribution in [-0.4, -0.2) is 43.6 Å². The third-order valence-electron chi connectivity index (χ3n) is 3.34. The number of carbonyl (C=O) groups is 1. The molecule has 1 aliphatic rings. The van der Waals surface area contributed by atoms with E-state index in [0.29, 0.717) is 5.56 Å². The maximum atomic E-state index is 10.9. The van der Waals surface area contributed by atoms with E-state index in [0.717, 1.165) is 43.8 Å². The van der Waals surface area contributed by atoms with Crippen molar-refractivity contribution in [2.45, 2.75) is 26.0 Å². The summed E-state index contributed by atoms with van der Waals surface area (Å²) in [5, 5.41) is 0. The van der Waals surface area contributed by atoms with Gasteiger partial charge < -0.3 is 9.47 Å². The van der Waals surface area contributed by atoms with Crippen molar-refractivity contribution in [2.24, 2.45) is 0 Å². The molecular weight excluding hydrogens is 242 g/mol. The van der Waals surface area contributed by atoms with Gasteiger partial charge in [-0.3, -0.25) is 9.69 Å². The molecule has 1 heterocycles. The molecule has 4 nitrogen and oxygen atoms in total. The molecular formula is C15H21NO3. The quantitative estimate of drug-likeness (QED) is 0.780. The van der Waals surface area contributed by atoms with E-state index in [4.69, 9.17) is 9.47 Å². The topological polar surface area (TPSA) is 38.8 Å². The van der Waals surface area contributed by atoms with Gasteiger partial charge in [-0.25, -0.2) is 0 Å². The number of hydrogen-bond acceptors (Lipinski definition) is 4. The molecule has 0 unspecified atom stereocenters. The van der Waals surface area contributed by atoms with Gasteiger partial charge in [0.05, 0.1) is 19.3 Å². The fraction of sp³-hybridized carbons (Fsp3) is 0.533. The van der Waals surface area contributed by atoms with Crippen molar-refractivity contribution in [1.82, 2.24) is 4.90 Å². The average molecular weight is 263 g/mol. The van der Waals surface area contributed by atoms with Crippen molar-refractivity contribution in [1.29, 1.82) is 0 Å². The highest BCUT2D eigenvalue weighted by Gasteiger charge is 2.27. The monoisotopic (exact) mass is 263 g/mol. The zero-order valence-electron chi connectivity index (χ0n) is 11.8. The van der Waals surface area contributed by atoms with Crippen LogP contribution in [0.5, 0.6) is 5.75 Å². The van der Waals surface area contributed by atoms with Crippen molar-refractivity contribution in [3.63, 3.8) is 0 Å². The number of benzene rings is 1. The molecule has 1 aliphatic heterocycles. The molecule has 0 bridgehead atoms. The summed E-state index contributed by atoms with van der Waals surface area (Å²) < 4.78 is 11.1. The third-order valence-corrected chi connectivity index (χ3v) is 3.34. The Hall–Kier alpha value is -1.39. The van der Waals surface area contributed by atoms with Gasteiger partial charge in [0.2, 0.25) is 0 Å². The minimum Gasteiger partial charge on any atom is -0.496 e. The molecule has 4 heteroatoms. The molecule has 0 atom stereocenters. The largest absolute Gasteiger partial charge is 0.496 e. The van der Waals surface area contributed by atoms with Gasteiger partial charge in [-0.1, -0.05) is 0 Å². The van der Waals surface area contributed by atoms with Crippen LogP contribution in [0.15, 0.2) is 18.2 Å². The lowest BCUT2D eigenvalue weighted by atomic mass is 10.1. The van der Waals surface area contributed by atoms with E-state index in [1.165, 1.54) is 0 Å². The normalized spacial score (nSPS) is 19.1. The van der Waals surface area contributed by atoms with Crippen LogP contribution in [0.1, 0.15) is 29.8 Å². The van der Waals surface area contributed by atoms with E-state index >= 15 is 0 Å². The lowest BCUT2D eigenvalue weighted by Crippen LogP contribution is -2.47. The minimum atomic E-state index is -0.117. The Morgan fingerprint density at radius 1 is 1.47 bits per heavy atom. The summed E-state index contributed by atoms with van der Waals surface area (Å²) in [6, 6.07) is 5.53. The predicted octanol–water partition coefficient (Wildman–Crippen LogP) is 2.12. The van der Waals surface area contributed by atoms with Crippen LogP contribution in [0.3, 0.4) is 0 Å². The summed E-state index contributed by atoms with van der Waals surface area (Å²) >= 11 is 0. The highest BCUT2D eigenvalue weighted by Crippen LogP contribution is 2.24. The first-order valence-electron chi connectivity index (χ1n) is 6.52. The fourth-order valence-electron chi connectivity index (χ4n) is 2.49. The van der Waals surface area contributed by atoms with Crippen LogP contribution in [0.25, 0.3) is 0 Å². The van der Waals surface area contributed by atoms with Crippen molar-refractivity contribution in [2.75, 3.05) is 26.8 Å². The Morgan fingerprint density at radius 2 is 2.26 bits per heavy atom. The number of nitrogens with zero attached hydrogens (tertiary/aromatic N) is 1. The molecule has 19 heavy (non-hydrogen) atoms. The second-order valence-corrected chi connectivity index (χ2v) is 5.51. The van der Waals surface area contributed by atoms with Crippen molar-refractivity contribution >= 4 is 6.29 Å². The summed E-state index contributed by atoms with van der Waals surface area (Å²) in [5.74, 6) is 0.829. The second kappa shape index (κ2) is 5.72. The Morgan fingerprint density at radius 3 is 2.89 bits per heavy atom. The zero-order chi connectivity index (χ0) is 13.9. The first-order chi connectivity index (χ1) is 9.04. The van der Waals surface area contributed by atoms with Crippen LogP contribution in [0.4, 0.5) is 0 Å². The lowest BCUT2D eigenvalue weighted by Gasteiger charge is -2.38. The van der Waals surface area contributed by atoms with E-state index in [2.05, 4.69) is 18.7 Å². The Labute approximate surface area is 114 Å². The predicted molar refractivity (Wildman–Crippen MR) is 73.7 cm³/mol. The first-order valence-corrected chi connectivity index (χ1v) is 6.52. The Kier molecular flexibility index (Phi) is 4.22. The maximum absolute atomic E-state index is 10.9. The van der Waals surface area contributed by atoms with E-state index in [1.807, 2.05) is 12.1 Å². The van der Waals surface area contributed by atoms with Crippen LogP contribution in [0.2, 0.25) is 0 Å². The molecule has 1 saturated heterocycles. The average Bonchev–Trinajstić information content (AvgIpc) is 2.37. The molecule has 1 fully saturated rings. The number of carbonyl (C=O) groups excluding carboxylic acids is 1. The third kappa shape index (κ3) is 3.55. The zero-order valence-corrected chi connectivity index (χ0v) is 11.8. The molecule has 0 spiro atoms. The second-order valence-electron chi connectivity index (χ2n) is 5.51. The summed E-state index contributed by atoms with van der Waals surface area (Å²) in [6.07, 6.45) is 0.867. The molecule has 1 aromatic rings. The summed E-state index contributed by atoms with van der Waals surface area (Å²) in [4.78, 5) is 13.2. The van der Waals surface area contributed by atoms with Gasteiger partial charge in [-0.15, -0.1) is 0 Å². The van der Waals surface area contributed by atoms with Crippen molar-refractivity contribution in [3.05, 3.63) is 29.3 Å². The molecule has 0 amide bonds. The number of morpholine rings is 1. The van der Waals surface area contributed by atoms with Gasteiger partial charge in [0.25, 0.3) is 0 Å². The van der Waals surface area contributed by atoms with Crippen LogP contribution in [0, 0.1) is 0 Å². The smallest absolute Gasteiger partial charge is 0.150 e. The van der Waals surface area contributed by atoms with E-state index in [-0.39, 0.29) is 5.60 Å². The molecule has 0 N–H and O–H groups in total. The fourth-order valence-corrected chi connectivity index (χ4v) is 2.49. The summed E-state index contributed by atoms with van der Waals surface area (Å²) in [6.45, 7) is 7.48. The van der Waals surface area contributed by atoms with Gasteiger partial charge in [-0.2, -0.15) is 0 Å². The van der Waals surface area contributed by atoms with Gasteiger partial charge >= 0.3 is 0 Å². The van der Waals surface area contributed by atoms with Gasteiger partial charge in [0, 0.05) is 30.8 Å². The molecule has 1 aromatic carbocycles. The highest BCUT2D eigenvalue weighted by atomic mass is 16.5. The van der Waals surface area contributed by atoms with Gasteiger partial charge in [-0.05, 0) is 32.0 Å². The molecule has 0 aliphatic carbocycles. The molecule has 0 aromatic heterocycles. The van der Waals surface area contributed by atoms with Crippen molar-refractivity contribution in [3.8, 4) is 5.75 Å². The standard InChI is InChI=1S/C15H21NO3/c1-15(2)11-16(6-7-19-15)9-13-8-12(10-17)4-5-14(13)18-3/h4-5,8,10H,6-7,9,11H2,1-3H3. The molecule has 2 rings (SSSR count). The molecule has 104 valence electrons. The van der Waals surface area contributed by atoms with E-state index < -0.39 is 0 Å². The lowest BCUT2D eigenvalue weighted by molar-refractivity contribution is -0.0883. The molecule has 0 radical (unpaired) electrons. The summed E-state index contributed by atoms with van der Waals surface area (Å²) in [7, 11) is 1.66. The Bertz CT molecular complexity index is 457. The van der Waals surface area contributed by atoms with Crippen molar-refractivity contribution < 1.29 is 14.3 Å². The maximum Gasteiger partial charge on any atom is 0.150 e. The minimum absolute atomic E-state index is 0.117. The SMILES string of the molecule is COc1ccc(C=O)cc1CN1CCOC(C)(C)C1. The highest BCUT2D eigenvalue weighted by molar-refractivity contribution is 5.75. The van der Waals surface area contributed by atoms with Crippen LogP contribution < -0.4 is 4.74 Å². The van der Waals surface area contributed by atoms with E-state index in [1.54, 1.807) is 13.2 Å². The van der Waals surface area contributed by atoms with E-state index in [9.17, 15) is 4.79 Å². The first kappa shape index (κ1) is 14.0. The van der Waals surface area contributed by atoms with Crippen LogP contribution in [-0.2, 0) is 11.3 Å². The number of ether oxygens (including phenoxy) is 2. The molecule has 0 saturated carbocycles. The van der Waals surface area contributed by atoms with Gasteiger partial charge in [0.15, 0.2) is 0 Å². The number of aldehydes is 1. The number of hydrogen-bond donors (Lipinski definition) is 0. The van der Waals surface area contributed by atoms with Gasteiger partial charge in [0.1, 0.15) is 12.0 Å². The Balaban J connectivity index is 2.15.